The lowest BCUT2D eigenvalue weighted by Crippen LogP contribution is -2.27. The van der Waals surface area contributed by atoms with E-state index < -0.39 is 11.7 Å². The van der Waals surface area contributed by atoms with Gasteiger partial charge in [-0.15, -0.1) is 4.68 Å². The molecule has 2 aromatic rings. The van der Waals surface area contributed by atoms with E-state index >= 15 is 0 Å². The van der Waals surface area contributed by atoms with E-state index in [0.717, 1.165) is 5.69 Å². The number of carbonyl (C=O) groups is 1. The lowest BCUT2D eigenvalue weighted by atomic mass is 10.2. The Morgan fingerprint density at radius 1 is 1.17 bits per heavy atom. The van der Waals surface area contributed by atoms with Crippen LogP contribution in [0.5, 0.6) is 0 Å². The van der Waals surface area contributed by atoms with Crippen molar-refractivity contribution in [2.24, 2.45) is 10.3 Å². The molecule has 2 N–H and O–H groups in total. The summed E-state index contributed by atoms with van der Waals surface area (Å²) < 4.78 is 6.93. The largest absolute Gasteiger partial charge is 0.444 e. The van der Waals surface area contributed by atoms with Crippen molar-refractivity contribution in [3.05, 3.63) is 52.5 Å². The van der Waals surface area contributed by atoms with E-state index in [1.807, 2.05) is 45.2 Å². The molecule has 2 aromatic carbocycles. The molecule has 0 aromatic heterocycles. The van der Waals surface area contributed by atoms with Gasteiger partial charge in [0.15, 0.2) is 11.9 Å². The van der Waals surface area contributed by atoms with Crippen LogP contribution in [-0.2, 0) is 4.74 Å². The fourth-order valence-corrected chi connectivity index (χ4v) is 3.10. The first-order valence-electron chi connectivity index (χ1n) is 9.04. The Morgan fingerprint density at radius 2 is 1.90 bits per heavy atom. The number of anilines is 2. The van der Waals surface area contributed by atoms with Gasteiger partial charge in [-0.2, -0.15) is 0 Å². The van der Waals surface area contributed by atoms with Crippen molar-refractivity contribution in [2.75, 3.05) is 17.2 Å². The van der Waals surface area contributed by atoms with Crippen molar-refractivity contribution >= 4 is 52.6 Å². The average molecular weight is 435 g/mol. The molecule has 29 heavy (non-hydrogen) atoms. The summed E-state index contributed by atoms with van der Waals surface area (Å²) in [6.45, 7) is 5.93. The normalized spacial score (nSPS) is 15.8. The minimum atomic E-state index is -0.571. The highest BCUT2D eigenvalue weighted by Crippen LogP contribution is 2.29. The molecule has 0 radical (unpaired) electrons. The minimum Gasteiger partial charge on any atom is -0.444 e. The van der Waals surface area contributed by atoms with Crippen LogP contribution < -0.4 is 10.6 Å². The Bertz CT molecular complexity index is 970. The summed E-state index contributed by atoms with van der Waals surface area (Å²) in [5.41, 5.74) is 1.51. The Balaban J connectivity index is 1.64. The fourth-order valence-electron chi connectivity index (χ4n) is 2.61. The number of ether oxygens (including phenoxy) is 1. The second kappa shape index (κ2) is 8.80. The van der Waals surface area contributed by atoms with Crippen LogP contribution >= 0.6 is 23.2 Å². The van der Waals surface area contributed by atoms with Crippen LogP contribution in [0.2, 0.25) is 10.0 Å². The molecule has 0 saturated heterocycles. The van der Waals surface area contributed by atoms with Crippen molar-refractivity contribution in [3.8, 4) is 0 Å². The molecule has 1 heterocycles. The molecule has 1 aliphatic rings. The Morgan fingerprint density at radius 3 is 2.59 bits per heavy atom. The molecule has 3 rings (SSSR count). The maximum absolute atomic E-state index is 12.1. The minimum absolute atomic E-state index is 0.198. The number of hydrogen-bond acceptors (Lipinski definition) is 5. The summed E-state index contributed by atoms with van der Waals surface area (Å²) >= 11 is 12.2. The molecule has 152 valence electrons. The van der Waals surface area contributed by atoms with Gasteiger partial charge in [0.25, 0.3) is 0 Å². The van der Waals surface area contributed by atoms with Gasteiger partial charge in [0.2, 0.25) is 6.04 Å². The van der Waals surface area contributed by atoms with Crippen LogP contribution in [0.4, 0.5) is 21.9 Å². The van der Waals surface area contributed by atoms with Gasteiger partial charge in [0.05, 0.1) is 22.9 Å². The van der Waals surface area contributed by atoms with Gasteiger partial charge < -0.3 is 10.1 Å². The van der Waals surface area contributed by atoms with Gasteiger partial charge in [0.1, 0.15) is 10.8 Å². The van der Waals surface area contributed by atoms with Crippen molar-refractivity contribution < 1.29 is 14.2 Å². The third-order valence-electron chi connectivity index (χ3n) is 3.83. The van der Waals surface area contributed by atoms with Crippen LogP contribution in [0.25, 0.3) is 0 Å². The number of rotatable bonds is 5. The van der Waals surface area contributed by atoms with Gasteiger partial charge in [-0.05, 0) is 51.1 Å². The third kappa shape index (κ3) is 5.92. The SMILES string of the molecule is CC(C)(C)OC(=O)Nc1ccccc1NCC1C=[N+](c2ccc(Cl)cc2Cl)N=N1. The highest BCUT2D eigenvalue weighted by atomic mass is 35.5. The van der Waals surface area contributed by atoms with E-state index in [1.165, 1.54) is 0 Å². The average Bonchev–Trinajstić information content (AvgIpc) is 3.08. The second-order valence-corrected chi connectivity index (χ2v) is 8.26. The molecule has 1 amide bonds. The number of carbonyl (C=O) groups excluding carboxylic acids is 1. The van der Waals surface area contributed by atoms with Gasteiger partial charge >= 0.3 is 6.09 Å². The van der Waals surface area contributed by atoms with E-state index in [9.17, 15) is 4.79 Å². The quantitative estimate of drug-likeness (QED) is 0.573. The zero-order valence-corrected chi connectivity index (χ0v) is 17.8. The Labute approximate surface area is 179 Å². The monoisotopic (exact) mass is 434 g/mol. The molecule has 0 fully saturated rings. The number of nitrogens with one attached hydrogen (secondary N) is 2. The molecule has 9 heteroatoms. The van der Waals surface area contributed by atoms with Crippen molar-refractivity contribution in [1.82, 2.24) is 0 Å². The first-order chi connectivity index (χ1) is 13.7. The highest BCUT2D eigenvalue weighted by Gasteiger charge is 2.25. The summed E-state index contributed by atoms with van der Waals surface area (Å²) in [6, 6.07) is 12.4. The number of benzene rings is 2. The smallest absolute Gasteiger partial charge is 0.412 e. The molecular formula is C20H22Cl2N5O2+. The molecule has 0 saturated carbocycles. The standard InChI is InChI=1S/C20H21Cl2N5O2/c1-20(2,3)29-19(28)24-17-7-5-4-6-16(17)23-11-14-12-27(26-25-14)18-9-8-13(21)10-15(18)22/h4-10,12,14H,11H2,1-3H3,(H-,23,24,25,26,28)/p+1. The first kappa shape index (κ1) is 21.1. The number of amides is 1. The van der Waals surface area contributed by atoms with Crippen molar-refractivity contribution in [2.45, 2.75) is 32.4 Å². The van der Waals surface area contributed by atoms with Gasteiger partial charge in [-0.3, -0.25) is 5.32 Å². The van der Waals surface area contributed by atoms with Gasteiger partial charge in [-0.1, -0.05) is 35.3 Å². The van der Waals surface area contributed by atoms with Crippen LogP contribution in [-0.4, -0.2) is 35.2 Å². The van der Waals surface area contributed by atoms with E-state index in [2.05, 4.69) is 21.0 Å². The summed E-state index contributed by atoms with van der Waals surface area (Å²) in [4.78, 5) is 12.1. The molecule has 0 spiro atoms. The first-order valence-corrected chi connectivity index (χ1v) is 9.80. The number of hydrogen-bond donors (Lipinski definition) is 2. The predicted octanol–water partition coefficient (Wildman–Crippen LogP) is 5.92. The highest BCUT2D eigenvalue weighted by molar-refractivity contribution is 6.35. The number of nitrogens with zero attached hydrogens (tertiary/aromatic N) is 3. The van der Waals surface area contributed by atoms with Crippen LogP contribution in [0.1, 0.15) is 20.8 Å². The van der Waals surface area contributed by atoms with E-state index in [0.29, 0.717) is 28.0 Å². The number of halogens is 2. The van der Waals surface area contributed by atoms with E-state index in [-0.39, 0.29) is 6.04 Å². The molecule has 7 nitrogen and oxygen atoms in total. The summed E-state index contributed by atoms with van der Waals surface area (Å²) in [7, 11) is 0. The summed E-state index contributed by atoms with van der Waals surface area (Å²) in [6.07, 6.45) is 1.34. The number of para-hydroxylation sites is 2. The maximum atomic E-state index is 12.1. The molecule has 1 atom stereocenters. The van der Waals surface area contributed by atoms with E-state index in [4.69, 9.17) is 27.9 Å². The topological polar surface area (TPSA) is 78.1 Å². The van der Waals surface area contributed by atoms with Crippen LogP contribution in [0.3, 0.4) is 0 Å². The van der Waals surface area contributed by atoms with E-state index in [1.54, 1.807) is 28.9 Å². The zero-order chi connectivity index (χ0) is 21.0. The lowest BCUT2D eigenvalue weighted by Gasteiger charge is -2.20. The zero-order valence-electron chi connectivity index (χ0n) is 16.3. The Hall–Kier alpha value is -2.64. The van der Waals surface area contributed by atoms with Crippen molar-refractivity contribution in [1.29, 1.82) is 0 Å². The predicted molar refractivity (Wildman–Crippen MR) is 116 cm³/mol. The molecule has 1 unspecified atom stereocenters. The van der Waals surface area contributed by atoms with Crippen LogP contribution in [0.15, 0.2) is 52.8 Å². The molecule has 0 aliphatic carbocycles. The maximum Gasteiger partial charge on any atom is 0.412 e. The fraction of sp³-hybridized carbons (Fsp3) is 0.300. The molecule has 1 aliphatic heterocycles. The molecule has 0 bridgehead atoms. The van der Waals surface area contributed by atoms with Crippen molar-refractivity contribution in [3.63, 3.8) is 0 Å². The van der Waals surface area contributed by atoms with Gasteiger partial charge in [-0.25, -0.2) is 4.79 Å². The second-order valence-electron chi connectivity index (χ2n) is 7.42. The third-order valence-corrected chi connectivity index (χ3v) is 4.37. The summed E-state index contributed by atoms with van der Waals surface area (Å²) in [5.74, 6) is 0. The van der Waals surface area contributed by atoms with Crippen LogP contribution in [0, 0.1) is 0 Å². The summed E-state index contributed by atoms with van der Waals surface area (Å²) in [5, 5.41) is 15.5. The lowest BCUT2D eigenvalue weighted by molar-refractivity contribution is -0.444. The van der Waals surface area contributed by atoms with Gasteiger partial charge in [0, 0.05) is 10.1 Å². The molecular weight excluding hydrogens is 413 g/mol. The Kier molecular flexibility index (Phi) is 6.39.